The van der Waals surface area contributed by atoms with Crippen molar-refractivity contribution in [3.05, 3.63) is 29.8 Å². The SMILES string of the molecule is CCOC(=O)c1ccc(S(=O)(=O)N2CC[NH+](CCO)CC2)cc1. The number of piperazine rings is 1. The Balaban J connectivity index is 2.07. The lowest BCUT2D eigenvalue weighted by atomic mass is 10.2. The molecule has 1 aromatic rings. The predicted molar refractivity (Wildman–Crippen MR) is 83.8 cm³/mol. The fourth-order valence-electron chi connectivity index (χ4n) is 2.58. The number of hydrogen-bond acceptors (Lipinski definition) is 5. The van der Waals surface area contributed by atoms with Gasteiger partial charge in [-0.2, -0.15) is 4.31 Å². The van der Waals surface area contributed by atoms with E-state index in [1.807, 2.05) is 0 Å². The Labute approximate surface area is 136 Å². The number of benzene rings is 1. The van der Waals surface area contributed by atoms with Crippen molar-refractivity contribution >= 4 is 16.0 Å². The van der Waals surface area contributed by atoms with E-state index in [2.05, 4.69) is 0 Å². The third kappa shape index (κ3) is 4.29. The van der Waals surface area contributed by atoms with Gasteiger partial charge in [0.15, 0.2) is 0 Å². The van der Waals surface area contributed by atoms with E-state index >= 15 is 0 Å². The van der Waals surface area contributed by atoms with Crippen LogP contribution in [-0.2, 0) is 14.8 Å². The van der Waals surface area contributed by atoms with Crippen molar-refractivity contribution in [2.45, 2.75) is 11.8 Å². The van der Waals surface area contributed by atoms with Crippen LogP contribution in [-0.4, -0.2) is 69.7 Å². The number of carbonyl (C=O) groups is 1. The summed E-state index contributed by atoms with van der Waals surface area (Å²) >= 11 is 0. The monoisotopic (exact) mass is 343 g/mol. The first-order valence-corrected chi connectivity index (χ1v) is 9.14. The summed E-state index contributed by atoms with van der Waals surface area (Å²) in [5, 5.41) is 8.94. The summed E-state index contributed by atoms with van der Waals surface area (Å²) in [6.45, 7) is 4.96. The van der Waals surface area contributed by atoms with Gasteiger partial charge in [0.1, 0.15) is 6.54 Å². The molecule has 1 fully saturated rings. The van der Waals surface area contributed by atoms with Crippen LogP contribution in [0.5, 0.6) is 0 Å². The van der Waals surface area contributed by atoms with Gasteiger partial charge in [-0.25, -0.2) is 13.2 Å². The van der Waals surface area contributed by atoms with Crippen molar-refractivity contribution < 1.29 is 28.0 Å². The molecular weight excluding hydrogens is 320 g/mol. The molecule has 0 amide bonds. The number of quaternary nitrogens is 1. The van der Waals surface area contributed by atoms with E-state index in [1.54, 1.807) is 6.92 Å². The molecule has 0 unspecified atom stereocenters. The smallest absolute Gasteiger partial charge is 0.338 e. The highest BCUT2D eigenvalue weighted by Crippen LogP contribution is 2.17. The van der Waals surface area contributed by atoms with E-state index in [4.69, 9.17) is 9.84 Å². The summed E-state index contributed by atoms with van der Waals surface area (Å²) in [7, 11) is -3.55. The average molecular weight is 343 g/mol. The summed E-state index contributed by atoms with van der Waals surface area (Å²) in [5.41, 5.74) is 0.336. The quantitative estimate of drug-likeness (QED) is 0.630. The Morgan fingerprint density at radius 1 is 1.26 bits per heavy atom. The maximum Gasteiger partial charge on any atom is 0.338 e. The van der Waals surface area contributed by atoms with Gasteiger partial charge in [0.2, 0.25) is 10.0 Å². The van der Waals surface area contributed by atoms with E-state index in [9.17, 15) is 13.2 Å². The number of hydrogen-bond donors (Lipinski definition) is 2. The molecule has 0 saturated carbocycles. The van der Waals surface area contributed by atoms with E-state index in [1.165, 1.54) is 33.5 Å². The van der Waals surface area contributed by atoms with Gasteiger partial charge in [-0.05, 0) is 31.2 Å². The Morgan fingerprint density at radius 3 is 2.39 bits per heavy atom. The maximum absolute atomic E-state index is 12.6. The lowest BCUT2D eigenvalue weighted by Gasteiger charge is -2.31. The van der Waals surface area contributed by atoms with Crippen LogP contribution >= 0.6 is 0 Å². The molecule has 0 atom stereocenters. The molecule has 0 aliphatic carbocycles. The van der Waals surface area contributed by atoms with Crippen LogP contribution in [0, 0.1) is 0 Å². The zero-order chi connectivity index (χ0) is 16.9. The molecule has 7 nitrogen and oxygen atoms in total. The molecule has 0 radical (unpaired) electrons. The fraction of sp³-hybridized carbons (Fsp3) is 0.533. The van der Waals surface area contributed by atoms with E-state index in [0.717, 1.165) is 0 Å². The number of sulfonamides is 1. The third-order valence-electron chi connectivity index (χ3n) is 3.90. The van der Waals surface area contributed by atoms with Crippen LogP contribution in [0.4, 0.5) is 0 Å². The normalized spacial score (nSPS) is 17.1. The molecule has 1 heterocycles. The molecule has 23 heavy (non-hydrogen) atoms. The van der Waals surface area contributed by atoms with Crippen molar-refractivity contribution in [1.29, 1.82) is 0 Å². The van der Waals surface area contributed by atoms with Crippen LogP contribution in [0.1, 0.15) is 17.3 Å². The number of esters is 1. The molecule has 2 rings (SSSR count). The molecule has 1 aliphatic rings. The van der Waals surface area contributed by atoms with Gasteiger partial charge >= 0.3 is 5.97 Å². The molecule has 2 N–H and O–H groups in total. The van der Waals surface area contributed by atoms with E-state index < -0.39 is 16.0 Å². The molecule has 0 bridgehead atoms. The molecule has 128 valence electrons. The lowest BCUT2D eigenvalue weighted by Crippen LogP contribution is -3.15. The van der Waals surface area contributed by atoms with Gasteiger partial charge in [-0.1, -0.05) is 0 Å². The Kier molecular flexibility index (Phi) is 6.11. The number of nitrogens with one attached hydrogen (secondary N) is 1. The Morgan fingerprint density at radius 2 is 1.87 bits per heavy atom. The predicted octanol–water partition coefficient (Wildman–Crippen LogP) is -1.26. The maximum atomic E-state index is 12.6. The minimum Gasteiger partial charge on any atom is -0.462 e. The molecule has 0 aromatic heterocycles. The van der Waals surface area contributed by atoms with Crippen molar-refractivity contribution in [3.8, 4) is 0 Å². The summed E-state index contributed by atoms with van der Waals surface area (Å²) in [5.74, 6) is -0.460. The zero-order valence-corrected chi connectivity index (χ0v) is 14.0. The van der Waals surface area contributed by atoms with Crippen LogP contribution < -0.4 is 4.90 Å². The highest BCUT2D eigenvalue weighted by atomic mass is 32.2. The standard InChI is InChI=1S/C15H22N2O5S/c1-2-22-15(19)13-3-5-14(6-4-13)23(20,21)17-9-7-16(8-10-17)11-12-18/h3-6,18H,2,7-12H2,1H3/p+1. The fourth-order valence-corrected chi connectivity index (χ4v) is 4.02. The molecule has 1 aromatic carbocycles. The molecule has 1 saturated heterocycles. The summed E-state index contributed by atoms with van der Waals surface area (Å²) in [6, 6.07) is 5.82. The second kappa shape index (κ2) is 7.87. The third-order valence-corrected chi connectivity index (χ3v) is 5.81. The largest absolute Gasteiger partial charge is 0.462 e. The number of nitrogens with zero attached hydrogens (tertiary/aromatic N) is 1. The van der Waals surface area contributed by atoms with Gasteiger partial charge in [0.25, 0.3) is 0 Å². The van der Waals surface area contributed by atoms with Crippen LogP contribution in [0.15, 0.2) is 29.2 Å². The molecule has 0 spiro atoms. The van der Waals surface area contributed by atoms with E-state index in [-0.39, 0.29) is 18.1 Å². The van der Waals surface area contributed by atoms with Crippen molar-refractivity contribution in [2.75, 3.05) is 45.9 Å². The van der Waals surface area contributed by atoms with Crippen LogP contribution in [0.2, 0.25) is 0 Å². The number of carbonyl (C=O) groups excluding carboxylic acids is 1. The number of rotatable bonds is 6. The summed E-state index contributed by atoms with van der Waals surface area (Å²) in [4.78, 5) is 13.0. The molecular formula is C15H23N2O5S+. The summed E-state index contributed by atoms with van der Waals surface area (Å²) in [6.07, 6.45) is 0. The van der Waals surface area contributed by atoms with Crippen molar-refractivity contribution in [1.82, 2.24) is 4.31 Å². The first kappa shape index (κ1) is 17.9. The van der Waals surface area contributed by atoms with Crippen molar-refractivity contribution in [2.24, 2.45) is 0 Å². The first-order valence-electron chi connectivity index (χ1n) is 7.70. The minimum atomic E-state index is -3.55. The van der Waals surface area contributed by atoms with E-state index in [0.29, 0.717) is 38.3 Å². The van der Waals surface area contributed by atoms with Crippen LogP contribution in [0.3, 0.4) is 0 Å². The van der Waals surface area contributed by atoms with Gasteiger partial charge in [-0.15, -0.1) is 0 Å². The second-order valence-electron chi connectivity index (χ2n) is 5.37. The first-order chi connectivity index (χ1) is 11.0. The van der Waals surface area contributed by atoms with Gasteiger partial charge in [0.05, 0.1) is 49.9 Å². The number of aliphatic hydroxyl groups excluding tert-OH is 1. The Bertz CT molecular complexity index is 622. The minimum absolute atomic E-state index is 0.109. The van der Waals surface area contributed by atoms with Gasteiger partial charge in [-0.3, -0.25) is 0 Å². The highest BCUT2D eigenvalue weighted by molar-refractivity contribution is 7.89. The average Bonchev–Trinajstić information content (AvgIpc) is 2.56. The topological polar surface area (TPSA) is 88.4 Å². The van der Waals surface area contributed by atoms with Crippen molar-refractivity contribution in [3.63, 3.8) is 0 Å². The zero-order valence-electron chi connectivity index (χ0n) is 13.2. The number of aliphatic hydroxyl groups is 1. The second-order valence-corrected chi connectivity index (χ2v) is 7.31. The van der Waals surface area contributed by atoms with Gasteiger partial charge < -0.3 is 14.7 Å². The lowest BCUT2D eigenvalue weighted by molar-refractivity contribution is -0.904. The summed E-state index contributed by atoms with van der Waals surface area (Å²) < 4.78 is 31.6. The molecule has 8 heteroatoms. The van der Waals surface area contributed by atoms with Gasteiger partial charge in [0, 0.05) is 0 Å². The molecule has 1 aliphatic heterocycles. The van der Waals surface area contributed by atoms with Crippen LogP contribution in [0.25, 0.3) is 0 Å². The number of ether oxygens (including phenoxy) is 1. The Hall–Kier alpha value is -1.48. The highest BCUT2D eigenvalue weighted by Gasteiger charge is 2.30.